The number of hydrogen-bond acceptors (Lipinski definition) is 2. The molecule has 1 rings (SSSR count). The normalized spacial score (nSPS) is 25.8. The molecule has 3 nitrogen and oxygen atoms in total. The van der Waals surface area contributed by atoms with E-state index in [1.165, 1.54) is 0 Å². The van der Waals surface area contributed by atoms with Crippen LogP contribution in [0, 0.1) is 5.92 Å². The van der Waals surface area contributed by atoms with Crippen LogP contribution in [0.3, 0.4) is 0 Å². The molecule has 1 atom stereocenters. The summed E-state index contributed by atoms with van der Waals surface area (Å²) in [5.74, 6) is 0.352. The Morgan fingerprint density at radius 2 is 2.45 bits per heavy atom. The maximum absolute atomic E-state index is 11.4. The molecule has 0 aromatic carbocycles. The number of amides is 1. The molecule has 0 aliphatic carbocycles. The highest BCUT2D eigenvalue weighted by Gasteiger charge is 2.25. The number of nitrogens with zero attached hydrogens (tertiary/aromatic N) is 1. The number of nitrogens with two attached hydrogens (primary N) is 1. The average Bonchev–Trinajstić information content (AvgIpc) is 2.05. The molecule has 0 spiro atoms. The van der Waals surface area contributed by atoms with Crippen molar-refractivity contribution in [1.82, 2.24) is 4.90 Å². The van der Waals surface area contributed by atoms with Crippen molar-refractivity contribution in [3.05, 3.63) is 0 Å². The fourth-order valence-corrected chi connectivity index (χ4v) is 1.55. The third-order valence-electron chi connectivity index (χ3n) is 2.31. The Morgan fingerprint density at radius 3 is 3.00 bits per heavy atom. The number of piperidine rings is 1. The van der Waals surface area contributed by atoms with Gasteiger partial charge in [0.15, 0.2) is 0 Å². The van der Waals surface area contributed by atoms with E-state index in [1.807, 2.05) is 11.8 Å². The SMILES string of the molecule is CCN1CCC[C@H](CN)C1=O. The van der Waals surface area contributed by atoms with Crippen LogP contribution in [0.2, 0.25) is 0 Å². The molecular formula is C8H16N2O. The van der Waals surface area contributed by atoms with E-state index >= 15 is 0 Å². The summed E-state index contributed by atoms with van der Waals surface area (Å²) in [5.41, 5.74) is 5.46. The molecule has 1 heterocycles. The van der Waals surface area contributed by atoms with Crippen molar-refractivity contribution in [1.29, 1.82) is 0 Å². The van der Waals surface area contributed by atoms with Crippen molar-refractivity contribution in [2.24, 2.45) is 11.7 Å². The number of likely N-dealkylation sites (tertiary alicyclic amines) is 1. The number of carbonyl (C=O) groups is 1. The Balaban J connectivity index is 2.52. The van der Waals surface area contributed by atoms with Crippen molar-refractivity contribution in [2.75, 3.05) is 19.6 Å². The summed E-state index contributed by atoms with van der Waals surface area (Å²) in [6, 6.07) is 0. The van der Waals surface area contributed by atoms with Gasteiger partial charge in [0.1, 0.15) is 0 Å². The van der Waals surface area contributed by atoms with Gasteiger partial charge in [-0.25, -0.2) is 0 Å². The van der Waals surface area contributed by atoms with Crippen LogP contribution in [-0.4, -0.2) is 30.4 Å². The highest BCUT2D eigenvalue weighted by Crippen LogP contribution is 2.15. The fourth-order valence-electron chi connectivity index (χ4n) is 1.55. The minimum atomic E-state index is 0.101. The van der Waals surface area contributed by atoms with Crippen molar-refractivity contribution in [2.45, 2.75) is 19.8 Å². The van der Waals surface area contributed by atoms with Gasteiger partial charge >= 0.3 is 0 Å². The van der Waals surface area contributed by atoms with Crippen LogP contribution in [0.1, 0.15) is 19.8 Å². The van der Waals surface area contributed by atoms with Crippen LogP contribution in [0.25, 0.3) is 0 Å². The maximum Gasteiger partial charge on any atom is 0.226 e. The van der Waals surface area contributed by atoms with Gasteiger partial charge in [-0.2, -0.15) is 0 Å². The van der Waals surface area contributed by atoms with Gasteiger partial charge in [-0.15, -0.1) is 0 Å². The van der Waals surface area contributed by atoms with Gasteiger partial charge < -0.3 is 10.6 Å². The first kappa shape index (κ1) is 8.53. The summed E-state index contributed by atoms with van der Waals surface area (Å²) < 4.78 is 0. The van der Waals surface area contributed by atoms with E-state index in [9.17, 15) is 4.79 Å². The zero-order valence-corrected chi connectivity index (χ0v) is 7.05. The molecule has 0 radical (unpaired) electrons. The van der Waals surface area contributed by atoms with Gasteiger partial charge in [0.05, 0.1) is 5.92 Å². The predicted octanol–water partition coefficient (Wildman–Crippen LogP) is 0.204. The second-order valence-corrected chi connectivity index (χ2v) is 2.99. The lowest BCUT2D eigenvalue weighted by Crippen LogP contribution is -2.43. The van der Waals surface area contributed by atoms with Crippen molar-refractivity contribution >= 4 is 5.91 Å². The average molecular weight is 156 g/mol. The second-order valence-electron chi connectivity index (χ2n) is 2.99. The first-order valence-electron chi connectivity index (χ1n) is 4.28. The summed E-state index contributed by atoms with van der Waals surface area (Å²) in [5, 5.41) is 0. The molecule has 11 heavy (non-hydrogen) atoms. The van der Waals surface area contributed by atoms with Gasteiger partial charge in [0.2, 0.25) is 5.91 Å². The number of rotatable bonds is 2. The van der Waals surface area contributed by atoms with E-state index in [0.717, 1.165) is 25.9 Å². The van der Waals surface area contributed by atoms with Crippen molar-refractivity contribution in [3.63, 3.8) is 0 Å². The minimum Gasteiger partial charge on any atom is -0.343 e. The molecule has 1 saturated heterocycles. The largest absolute Gasteiger partial charge is 0.343 e. The number of carbonyl (C=O) groups excluding carboxylic acids is 1. The summed E-state index contributed by atoms with van der Waals surface area (Å²) >= 11 is 0. The first-order chi connectivity index (χ1) is 5.29. The molecule has 0 saturated carbocycles. The monoisotopic (exact) mass is 156 g/mol. The topological polar surface area (TPSA) is 46.3 Å². The quantitative estimate of drug-likeness (QED) is 0.621. The molecule has 0 aromatic heterocycles. The van der Waals surface area contributed by atoms with Crippen molar-refractivity contribution < 1.29 is 4.79 Å². The molecule has 1 amide bonds. The predicted molar refractivity (Wildman–Crippen MR) is 44.0 cm³/mol. The van der Waals surface area contributed by atoms with Crippen molar-refractivity contribution in [3.8, 4) is 0 Å². The molecule has 1 aliphatic heterocycles. The molecule has 1 aliphatic rings. The Bertz CT molecular complexity index is 133. The highest BCUT2D eigenvalue weighted by atomic mass is 16.2. The molecular weight excluding hydrogens is 140 g/mol. The highest BCUT2D eigenvalue weighted by molar-refractivity contribution is 5.79. The maximum atomic E-state index is 11.4. The zero-order chi connectivity index (χ0) is 8.27. The van der Waals surface area contributed by atoms with E-state index in [1.54, 1.807) is 0 Å². The van der Waals surface area contributed by atoms with E-state index in [4.69, 9.17) is 5.73 Å². The Morgan fingerprint density at radius 1 is 1.73 bits per heavy atom. The van der Waals surface area contributed by atoms with Crippen LogP contribution < -0.4 is 5.73 Å². The Labute approximate surface area is 67.5 Å². The third-order valence-corrected chi connectivity index (χ3v) is 2.31. The lowest BCUT2D eigenvalue weighted by atomic mass is 9.97. The number of hydrogen-bond donors (Lipinski definition) is 1. The van der Waals surface area contributed by atoms with Gasteiger partial charge in [-0.1, -0.05) is 0 Å². The third kappa shape index (κ3) is 1.71. The Hall–Kier alpha value is -0.570. The van der Waals surface area contributed by atoms with E-state index < -0.39 is 0 Å². The molecule has 0 aromatic rings. The summed E-state index contributed by atoms with van der Waals surface area (Å²) in [7, 11) is 0. The lowest BCUT2D eigenvalue weighted by molar-refractivity contribution is -0.137. The lowest BCUT2D eigenvalue weighted by Gasteiger charge is -2.30. The van der Waals surface area contributed by atoms with E-state index in [-0.39, 0.29) is 11.8 Å². The van der Waals surface area contributed by atoms with Gasteiger partial charge in [0, 0.05) is 19.6 Å². The zero-order valence-electron chi connectivity index (χ0n) is 7.05. The summed E-state index contributed by atoms with van der Waals surface area (Å²) in [4.78, 5) is 13.3. The summed E-state index contributed by atoms with van der Waals surface area (Å²) in [6.45, 7) is 4.27. The first-order valence-corrected chi connectivity index (χ1v) is 4.28. The minimum absolute atomic E-state index is 0.101. The van der Waals surface area contributed by atoms with Gasteiger partial charge in [-0.3, -0.25) is 4.79 Å². The smallest absolute Gasteiger partial charge is 0.226 e. The molecule has 2 N–H and O–H groups in total. The van der Waals surface area contributed by atoms with Crippen LogP contribution >= 0.6 is 0 Å². The van der Waals surface area contributed by atoms with Crippen LogP contribution in [0.4, 0.5) is 0 Å². The standard InChI is InChI=1S/C8H16N2O/c1-2-10-5-3-4-7(6-9)8(10)11/h7H,2-6,9H2,1H3/t7-/m1/s1. The van der Waals surface area contributed by atoms with E-state index in [2.05, 4.69) is 0 Å². The van der Waals surface area contributed by atoms with Crippen LogP contribution in [-0.2, 0) is 4.79 Å². The fraction of sp³-hybridized carbons (Fsp3) is 0.875. The molecule has 1 fully saturated rings. The van der Waals surface area contributed by atoms with Crippen LogP contribution in [0.15, 0.2) is 0 Å². The van der Waals surface area contributed by atoms with Crippen LogP contribution in [0.5, 0.6) is 0 Å². The van der Waals surface area contributed by atoms with Gasteiger partial charge in [-0.05, 0) is 19.8 Å². The summed E-state index contributed by atoms with van der Waals surface area (Å²) in [6.07, 6.45) is 2.09. The molecule has 0 unspecified atom stereocenters. The van der Waals surface area contributed by atoms with Gasteiger partial charge in [0.25, 0.3) is 0 Å². The second kappa shape index (κ2) is 3.72. The Kier molecular flexibility index (Phi) is 2.88. The molecule has 3 heteroatoms. The molecule has 0 bridgehead atoms. The molecule has 64 valence electrons. The van der Waals surface area contributed by atoms with E-state index in [0.29, 0.717) is 6.54 Å².